The molecule has 1 N–H and O–H groups in total. The molecule has 106 valence electrons. The predicted molar refractivity (Wildman–Crippen MR) is 76.8 cm³/mol. The lowest BCUT2D eigenvalue weighted by molar-refractivity contribution is 0.0694. The number of pyridine rings is 1. The molecule has 0 atom stereocenters. The first kappa shape index (κ1) is 13.4. The van der Waals surface area contributed by atoms with Gasteiger partial charge in [-0.1, -0.05) is 11.6 Å². The molecule has 0 radical (unpaired) electrons. The molecule has 0 saturated carbocycles. The van der Waals surface area contributed by atoms with E-state index >= 15 is 0 Å². The second-order valence-corrected chi connectivity index (χ2v) is 6.02. The zero-order valence-electron chi connectivity index (χ0n) is 10.3. The minimum atomic E-state index is -1.23. The minimum absolute atomic E-state index is 0.251. The van der Waals surface area contributed by atoms with Crippen molar-refractivity contribution in [1.82, 2.24) is 4.68 Å². The number of carboxylic acids is 1. The molecule has 1 fully saturated rings. The third-order valence-electron chi connectivity index (χ3n) is 3.15. The number of carboxylic acid groups (broad SMARTS) is 1. The monoisotopic (exact) mass is 314 g/mol. The molecule has 1 saturated heterocycles. The lowest BCUT2D eigenvalue weighted by Crippen LogP contribution is -2.44. The Morgan fingerprint density at radius 1 is 1.40 bits per heavy atom. The number of halogens is 1. The molecule has 20 heavy (non-hydrogen) atoms. The highest BCUT2D eigenvalue weighted by atomic mass is 35.5. The molecule has 1 aliphatic rings. The summed E-state index contributed by atoms with van der Waals surface area (Å²) in [6, 6.07) is 1.52. The van der Waals surface area contributed by atoms with Crippen molar-refractivity contribution in [3.8, 4) is 0 Å². The summed E-state index contributed by atoms with van der Waals surface area (Å²) < 4.78 is 7.45. The SMILES string of the molecule is O=C(O)c1cn(N2CCOCC2)c2sc(Cl)cc2c1=O. The first-order valence-electron chi connectivity index (χ1n) is 5.99. The van der Waals surface area contributed by atoms with Crippen LogP contribution in [0, 0.1) is 0 Å². The first-order valence-corrected chi connectivity index (χ1v) is 7.18. The van der Waals surface area contributed by atoms with Gasteiger partial charge in [-0.3, -0.25) is 9.47 Å². The molecule has 3 rings (SSSR count). The van der Waals surface area contributed by atoms with Crippen LogP contribution in [0.5, 0.6) is 0 Å². The number of fused-ring (bicyclic) bond motifs is 1. The van der Waals surface area contributed by atoms with Crippen molar-refractivity contribution < 1.29 is 14.6 Å². The number of rotatable bonds is 2. The number of thiophene rings is 1. The molecule has 0 spiro atoms. The fourth-order valence-electron chi connectivity index (χ4n) is 2.20. The highest BCUT2D eigenvalue weighted by Crippen LogP contribution is 2.28. The van der Waals surface area contributed by atoms with Crippen LogP contribution in [0.1, 0.15) is 10.4 Å². The van der Waals surface area contributed by atoms with Gasteiger partial charge in [-0.05, 0) is 6.07 Å². The molecular weight excluding hydrogens is 304 g/mol. The van der Waals surface area contributed by atoms with Gasteiger partial charge in [-0.2, -0.15) is 0 Å². The number of hydrogen-bond donors (Lipinski definition) is 1. The van der Waals surface area contributed by atoms with E-state index in [0.29, 0.717) is 40.9 Å². The highest BCUT2D eigenvalue weighted by molar-refractivity contribution is 7.22. The van der Waals surface area contributed by atoms with E-state index in [1.165, 1.54) is 23.6 Å². The van der Waals surface area contributed by atoms with Crippen molar-refractivity contribution in [1.29, 1.82) is 0 Å². The topological polar surface area (TPSA) is 71.8 Å². The molecular formula is C12H11ClN2O4S. The number of carbonyl (C=O) groups is 1. The van der Waals surface area contributed by atoms with E-state index in [-0.39, 0.29) is 5.56 Å². The summed E-state index contributed by atoms with van der Waals surface area (Å²) in [6.45, 7) is 2.39. The van der Waals surface area contributed by atoms with E-state index in [9.17, 15) is 9.59 Å². The molecule has 0 aromatic carbocycles. The molecule has 0 bridgehead atoms. The van der Waals surface area contributed by atoms with Gasteiger partial charge in [0.15, 0.2) is 0 Å². The fraction of sp³-hybridized carbons (Fsp3) is 0.333. The van der Waals surface area contributed by atoms with Gasteiger partial charge in [0, 0.05) is 6.20 Å². The molecule has 0 amide bonds. The maximum absolute atomic E-state index is 12.1. The third kappa shape index (κ3) is 2.17. The normalized spacial score (nSPS) is 15.8. The summed E-state index contributed by atoms with van der Waals surface area (Å²) in [5, 5.41) is 11.5. The van der Waals surface area contributed by atoms with Gasteiger partial charge in [0.25, 0.3) is 0 Å². The summed E-state index contributed by atoms with van der Waals surface area (Å²) in [7, 11) is 0. The van der Waals surface area contributed by atoms with Crippen LogP contribution in [-0.4, -0.2) is 42.1 Å². The van der Waals surface area contributed by atoms with Gasteiger partial charge in [-0.15, -0.1) is 11.3 Å². The summed E-state index contributed by atoms with van der Waals surface area (Å²) in [6.07, 6.45) is 1.37. The van der Waals surface area contributed by atoms with Crippen molar-refractivity contribution >= 4 is 39.1 Å². The van der Waals surface area contributed by atoms with Gasteiger partial charge >= 0.3 is 5.97 Å². The Morgan fingerprint density at radius 3 is 2.75 bits per heavy atom. The highest BCUT2D eigenvalue weighted by Gasteiger charge is 2.20. The Hall–Kier alpha value is -1.57. The molecule has 0 unspecified atom stereocenters. The molecule has 3 heterocycles. The second kappa shape index (κ2) is 5.08. The Bertz CT molecular complexity index is 733. The van der Waals surface area contributed by atoms with Crippen LogP contribution >= 0.6 is 22.9 Å². The van der Waals surface area contributed by atoms with Crippen LogP contribution in [0.3, 0.4) is 0 Å². The van der Waals surface area contributed by atoms with E-state index in [1.807, 2.05) is 5.01 Å². The van der Waals surface area contributed by atoms with Crippen LogP contribution in [0.4, 0.5) is 0 Å². The molecule has 2 aromatic heterocycles. The van der Waals surface area contributed by atoms with Gasteiger partial charge in [-0.25, -0.2) is 4.79 Å². The molecule has 1 aliphatic heterocycles. The maximum atomic E-state index is 12.1. The standard InChI is InChI=1S/C12H11ClN2O4S/c13-9-5-7-10(16)8(12(17)18)6-15(11(7)20-9)14-1-3-19-4-2-14/h5-6H,1-4H2,(H,17,18). The molecule has 8 heteroatoms. The van der Waals surface area contributed by atoms with E-state index in [1.54, 1.807) is 4.68 Å². The number of hydrogen-bond acceptors (Lipinski definition) is 5. The fourth-order valence-corrected chi connectivity index (χ4v) is 3.41. The van der Waals surface area contributed by atoms with Gasteiger partial charge in [0.05, 0.1) is 36.0 Å². The maximum Gasteiger partial charge on any atom is 0.341 e. The number of morpholine rings is 1. The van der Waals surface area contributed by atoms with Crippen LogP contribution < -0.4 is 10.4 Å². The predicted octanol–water partition coefficient (Wildman–Crippen LogP) is 1.38. The van der Waals surface area contributed by atoms with Crippen molar-refractivity contribution in [3.05, 3.63) is 32.4 Å². The van der Waals surface area contributed by atoms with Crippen molar-refractivity contribution in [2.75, 3.05) is 31.3 Å². The van der Waals surface area contributed by atoms with E-state index < -0.39 is 11.4 Å². The Labute approximate surface area is 122 Å². The van der Waals surface area contributed by atoms with Gasteiger partial charge in [0.1, 0.15) is 10.4 Å². The van der Waals surface area contributed by atoms with E-state index in [0.717, 1.165) is 0 Å². The quantitative estimate of drug-likeness (QED) is 0.907. The van der Waals surface area contributed by atoms with Gasteiger partial charge in [0.2, 0.25) is 5.43 Å². The lowest BCUT2D eigenvalue weighted by atomic mass is 10.2. The summed E-state index contributed by atoms with van der Waals surface area (Å²) in [5.74, 6) is -1.23. The summed E-state index contributed by atoms with van der Waals surface area (Å²) >= 11 is 7.23. The molecule has 0 aliphatic carbocycles. The van der Waals surface area contributed by atoms with E-state index in [4.69, 9.17) is 21.4 Å². The number of ether oxygens (including phenoxy) is 1. The number of nitrogens with zero attached hydrogens (tertiary/aromatic N) is 2. The van der Waals surface area contributed by atoms with E-state index in [2.05, 4.69) is 0 Å². The largest absolute Gasteiger partial charge is 0.477 e. The summed E-state index contributed by atoms with van der Waals surface area (Å²) in [5.41, 5.74) is -0.751. The average Bonchev–Trinajstić information content (AvgIpc) is 2.82. The van der Waals surface area contributed by atoms with Crippen LogP contribution in [-0.2, 0) is 4.74 Å². The van der Waals surface area contributed by atoms with Crippen molar-refractivity contribution in [2.24, 2.45) is 0 Å². The zero-order valence-corrected chi connectivity index (χ0v) is 11.9. The van der Waals surface area contributed by atoms with Crippen LogP contribution in [0.2, 0.25) is 4.34 Å². The lowest BCUT2D eigenvalue weighted by Gasteiger charge is -2.31. The van der Waals surface area contributed by atoms with Crippen molar-refractivity contribution in [3.63, 3.8) is 0 Å². The second-order valence-electron chi connectivity index (χ2n) is 4.36. The Balaban J connectivity index is 2.26. The van der Waals surface area contributed by atoms with Crippen LogP contribution in [0.15, 0.2) is 17.1 Å². The summed E-state index contributed by atoms with van der Waals surface area (Å²) in [4.78, 5) is 24.0. The zero-order chi connectivity index (χ0) is 14.3. The average molecular weight is 315 g/mol. The third-order valence-corrected chi connectivity index (χ3v) is 4.41. The number of aromatic carboxylic acids is 1. The molecule has 6 nitrogen and oxygen atoms in total. The smallest absolute Gasteiger partial charge is 0.341 e. The minimum Gasteiger partial charge on any atom is -0.477 e. The Kier molecular flexibility index (Phi) is 3.41. The molecule has 2 aromatic rings. The number of aromatic nitrogens is 1. The van der Waals surface area contributed by atoms with Crippen LogP contribution in [0.25, 0.3) is 10.2 Å². The Morgan fingerprint density at radius 2 is 2.10 bits per heavy atom. The van der Waals surface area contributed by atoms with Crippen molar-refractivity contribution in [2.45, 2.75) is 0 Å². The van der Waals surface area contributed by atoms with Gasteiger partial charge < -0.3 is 14.9 Å². The first-order chi connectivity index (χ1) is 9.58.